The molecule has 2 aromatic rings. The summed E-state index contributed by atoms with van der Waals surface area (Å²) in [5.41, 5.74) is 1.78. The average Bonchev–Trinajstić information content (AvgIpc) is 3.29. The molecule has 2 aliphatic rings. The Labute approximate surface area is 149 Å². The Bertz CT molecular complexity index is 775. The number of ether oxygens (including phenoxy) is 1. The molecule has 0 aromatic carbocycles. The minimum Gasteiger partial charge on any atom is -0.459 e. The number of carbonyl (C=O) groups is 2. The molecule has 7 heteroatoms. The zero-order chi connectivity index (χ0) is 17.2. The first-order chi connectivity index (χ1) is 12.2. The number of fused-ring (bicyclic) bond motifs is 1. The van der Waals surface area contributed by atoms with Crippen LogP contribution in [0.5, 0.6) is 0 Å². The number of morpholine rings is 1. The summed E-state index contributed by atoms with van der Waals surface area (Å²) >= 11 is 1.53. The Morgan fingerprint density at radius 3 is 2.72 bits per heavy atom. The van der Waals surface area contributed by atoms with Crippen molar-refractivity contribution in [2.24, 2.45) is 0 Å². The van der Waals surface area contributed by atoms with Gasteiger partial charge in [0.1, 0.15) is 5.00 Å². The molecule has 4 rings (SSSR count). The van der Waals surface area contributed by atoms with Crippen LogP contribution in [-0.2, 0) is 17.6 Å². The van der Waals surface area contributed by atoms with E-state index in [1.807, 2.05) is 4.90 Å². The van der Waals surface area contributed by atoms with Gasteiger partial charge in [0.15, 0.2) is 5.76 Å². The highest BCUT2D eigenvalue weighted by Gasteiger charge is 2.30. The molecule has 0 bridgehead atoms. The molecule has 0 atom stereocenters. The van der Waals surface area contributed by atoms with E-state index in [-0.39, 0.29) is 17.6 Å². The number of nitrogens with one attached hydrogen (secondary N) is 1. The number of aryl methyl sites for hydroxylation is 1. The number of carbonyl (C=O) groups excluding carboxylic acids is 2. The van der Waals surface area contributed by atoms with Gasteiger partial charge >= 0.3 is 0 Å². The van der Waals surface area contributed by atoms with Crippen LogP contribution in [0.3, 0.4) is 0 Å². The Balaban J connectivity index is 1.66. The normalized spacial score (nSPS) is 17.2. The van der Waals surface area contributed by atoms with Gasteiger partial charge in [-0.15, -0.1) is 11.3 Å². The summed E-state index contributed by atoms with van der Waals surface area (Å²) in [6.07, 6.45) is 5.55. The molecule has 1 N–H and O–H groups in total. The molecule has 1 fully saturated rings. The van der Waals surface area contributed by atoms with Crippen molar-refractivity contribution in [1.82, 2.24) is 4.90 Å². The van der Waals surface area contributed by atoms with E-state index >= 15 is 0 Å². The Hall–Kier alpha value is -2.12. The van der Waals surface area contributed by atoms with E-state index < -0.39 is 0 Å². The Kier molecular flexibility index (Phi) is 4.59. The second-order valence-electron chi connectivity index (χ2n) is 6.25. The summed E-state index contributed by atoms with van der Waals surface area (Å²) < 4.78 is 10.5. The number of amides is 2. The summed E-state index contributed by atoms with van der Waals surface area (Å²) in [5, 5.41) is 3.54. The average molecular weight is 360 g/mol. The van der Waals surface area contributed by atoms with Gasteiger partial charge in [-0.05, 0) is 43.4 Å². The van der Waals surface area contributed by atoms with Crippen molar-refractivity contribution in [3.63, 3.8) is 0 Å². The molecule has 0 unspecified atom stereocenters. The van der Waals surface area contributed by atoms with Crippen molar-refractivity contribution in [3.05, 3.63) is 40.2 Å². The summed E-state index contributed by atoms with van der Waals surface area (Å²) in [6.45, 7) is 2.31. The molecule has 1 aliphatic carbocycles. The van der Waals surface area contributed by atoms with E-state index in [0.29, 0.717) is 36.9 Å². The molecule has 132 valence electrons. The smallest absolute Gasteiger partial charge is 0.291 e. The minimum atomic E-state index is -0.320. The van der Waals surface area contributed by atoms with Crippen LogP contribution in [0.4, 0.5) is 5.00 Å². The predicted molar refractivity (Wildman–Crippen MR) is 94.3 cm³/mol. The highest BCUT2D eigenvalue weighted by Crippen LogP contribution is 2.39. The molecule has 1 aliphatic heterocycles. The Morgan fingerprint density at radius 1 is 1.16 bits per heavy atom. The number of nitrogens with zero attached hydrogens (tertiary/aromatic N) is 1. The van der Waals surface area contributed by atoms with Gasteiger partial charge in [0.2, 0.25) is 0 Å². The van der Waals surface area contributed by atoms with Crippen LogP contribution in [0.15, 0.2) is 22.8 Å². The SMILES string of the molecule is O=C(Nc1sc2c(c1C(=O)N1CCOCC1)CCCC2)c1ccco1. The summed E-state index contributed by atoms with van der Waals surface area (Å²) in [5.74, 6) is -0.0757. The van der Waals surface area contributed by atoms with Gasteiger partial charge in [0.05, 0.1) is 25.0 Å². The molecule has 2 amide bonds. The molecule has 0 saturated carbocycles. The maximum Gasteiger partial charge on any atom is 0.291 e. The molecule has 3 heterocycles. The molecular formula is C18H20N2O4S. The highest BCUT2D eigenvalue weighted by atomic mass is 32.1. The van der Waals surface area contributed by atoms with Gasteiger partial charge in [0, 0.05) is 18.0 Å². The first-order valence-corrected chi connectivity index (χ1v) is 9.42. The van der Waals surface area contributed by atoms with Crippen molar-refractivity contribution >= 4 is 28.2 Å². The van der Waals surface area contributed by atoms with E-state index in [0.717, 1.165) is 31.2 Å². The van der Waals surface area contributed by atoms with Crippen LogP contribution >= 0.6 is 11.3 Å². The fourth-order valence-corrected chi connectivity index (χ4v) is 4.65. The number of anilines is 1. The van der Waals surface area contributed by atoms with Gasteiger partial charge in [-0.2, -0.15) is 0 Å². The molecule has 0 radical (unpaired) electrons. The maximum atomic E-state index is 13.1. The molecule has 25 heavy (non-hydrogen) atoms. The van der Waals surface area contributed by atoms with Gasteiger partial charge in [-0.1, -0.05) is 0 Å². The molecular weight excluding hydrogens is 340 g/mol. The van der Waals surface area contributed by atoms with Crippen LogP contribution in [0.2, 0.25) is 0 Å². The van der Waals surface area contributed by atoms with E-state index in [9.17, 15) is 9.59 Å². The van der Waals surface area contributed by atoms with Crippen LogP contribution in [0.1, 0.15) is 44.2 Å². The summed E-state index contributed by atoms with van der Waals surface area (Å²) in [6, 6.07) is 3.29. The number of hydrogen-bond donors (Lipinski definition) is 1. The second-order valence-corrected chi connectivity index (χ2v) is 7.36. The lowest BCUT2D eigenvalue weighted by Crippen LogP contribution is -2.41. The van der Waals surface area contributed by atoms with Gasteiger partial charge < -0.3 is 19.4 Å². The highest BCUT2D eigenvalue weighted by molar-refractivity contribution is 7.17. The maximum absolute atomic E-state index is 13.1. The molecule has 2 aromatic heterocycles. The van der Waals surface area contributed by atoms with Crippen LogP contribution < -0.4 is 5.32 Å². The summed E-state index contributed by atoms with van der Waals surface area (Å²) in [7, 11) is 0. The zero-order valence-corrected chi connectivity index (χ0v) is 14.7. The lowest BCUT2D eigenvalue weighted by molar-refractivity contribution is 0.0303. The van der Waals surface area contributed by atoms with E-state index in [1.54, 1.807) is 12.1 Å². The third-order valence-corrected chi connectivity index (χ3v) is 5.86. The molecule has 0 spiro atoms. The minimum absolute atomic E-state index is 0.00237. The van der Waals surface area contributed by atoms with Crippen LogP contribution in [-0.4, -0.2) is 43.0 Å². The largest absolute Gasteiger partial charge is 0.459 e. The number of thiophene rings is 1. The van der Waals surface area contributed by atoms with E-state index in [2.05, 4.69) is 5.32 Å². The fraction of sp³-hybridized carbons (Fsp3) is 0.444. The van der Waals surface area contributed by atoms with Crippen LogP contribution in [0, 0.1) is 0 Å². The van der Waals surface area contributed by atoms with Gasteiger partial charge in [-0.25, -0.2) is 0 Å². The first kappa shape index (κ1) is 16.4. The first-order valence-electron chi connectivity index (χ1n) is 8.60. The van der Waals surface area contributed by atoms with Gasteiger partial charge in [-0.3, -0.25) is 9.59 Å². The van der Waals surface area contributed by atoms with Crippen molar-refractivity contribution in [3.8, 4) is 0 Å². The number of rotatable bonds is 3. The molecule has 1 saturated heterocycles. The zero-order valence-electron chi connectivity index (χ0n) is 13.9. The van der Waals surface area contributed by atoms with Crippen molar-refractivity contribution < 1.29 is 18.7 Å². The van der Waals surface area contributed by atoms with Crippen molar-refractivity contribution in [2.75, 3.05) is 31.6 Å². The second kappa shape index (κ2) is 7.01. The predicted octanol–water partition coefficient (Wildman–Crippen LogP) is 2.94. The Morgan fingerprint density at radius 2 is 1.96 bits per heavy atom. The third-order valence-electron chi connectivity index (χ3n) is 4.66. The monoisotopic (exact) mass is 360 g/mol. The van der Waals surface area contributed by atoms with Crippen molar-refractivity contribution in [1.29, 1.82) is 0 Å². The van der Waals surface area contributed by atoms with E-state index in [1.165, 1.54) is 22.5 Å². The van der Waals surface area contributed by atoms with Crippen LogP contribution in [0.25, 0.3) is 0 Å². The molecule has 6 nitrogen and oxygen atoms in total. The fourth-order valence-electron chi connectivity index (χ4n) is 3.38. The van der Waals surface area contributed by atoms with Gasteiger partial charge in [0.25, 0.3) is 11.8 Å². The standard InChI is InChI=1S/C18H20N2O4S/c21-16(13-5-3-9-24-13)19-17-15(12-4-1-2-6-14(12)25-17)18(22)20-7-10-23-11-8-20/h3,5,9H,1-2,4,6-8,10-11H2,(H,19,21). The summed E-state index contributed by atoms with van der Waals surface area (Å²) in [4.78, 5) is 28.6. The quantitative estimate of drug-likeness (QED) is 0.913. The van der Waals surface area contributed by atoms with E-state index in [4.69, 9.17) is 9.15 Å². The lowest BCUT2D eigenvalue weighted by atomic mass is 9.95. The number of furan rings is 1. The topological polar surface area (TPSA) is 71.8 Å². The number of hydrogen-bond acceptors (Lipinski definition) is 5. The lowest BCUT2D eigenvalue weighted by Gasteiger charge is -2.27. The third kappa shape index (κ3) is 3.21. The van der Waals surface area contributed by atoms with Crippen molar-refractivity contribution in [2.45, 2.75) is 25.7 Å².